The highest BCUT2D eigenvalue weighted by Crippen LogP contribution is 2.50. The smallest absolute Gasteiger partial charge is 0.462 e. The number of phosphoric ester groups is 2. The zero-order valence-corrected chi connectivity index (χ0v) is 40.7. The third-order valence-corrected chi connectivity index (χ3v) is 13.1. The van der Waals surface area contributed by atoms with Gasteiger partial charge >= 0.3 is 27.6 Å². The number of aliphatic hydroxyl groups excluding tert-OH is 7. The van der Waals surface area contributed by atoms with Crippen LogP contribution in [0, 0.1) is 11.8 Å². The Morgan fingerprint density at radius 1 is 0.821 bits per heavy atom. The zero-order chi connectivity index (χ0) is 50.0. The maximum absolute atomic E-state index is 13.7. The molecule has 20 nitrogen and oxygen atoms in total. The molecule has 0 aromatic carbocycles. The van der Waals surface area contributed by atoms with E-state index in [2.05, 4.69) is 31.2 Å². The molecule has 0 radical (unpaired) electrons. The van der Waals surface area contributed by atoms with Gasteiger partial charge in [-0.15, -0.1) is 0 Å². The maximum Gasteiger partial charge on any atom is 0.472 e. The topological polar surface area (TPSA) is 334 Å². The third-order valence-electron chi connectivity index (χ3n) is 11.6. The van der Waals surface area contributed by atoms with Crippen molar-refractivity contribution in [3.05, 3.63) is 36.5 Å². The molecule has 1 aliphatic carbocycles. The van der Waals surface area contributed by atoms with Gasteiger partial charge in [0.25, 0.3) is 0 Å². The highest BCUT2D eigenvalue weighted by molar-refractivity contribution is 7.47. The van der Waals surface area contributed by atoms with Gasteiger partial charge in [-0.2, -0.15) is 0 Å². The predicted molar refractivity (Wildman–Crippen MR) is 244 cm³/mol. The first-order chi connectivity index (χ1) is 31.7. The van der Waals surface area contributed by atoms with E-state index in [1.807, 2.05) is 6.92 Å². The average molecular weight is 1000 g/mol. The lowest BCUT2D eigenvalue weighted by atomic mass is 9.82. The second-order valence-electron chi connectivity index (χ2n) is 17.4. The molecular formula is C45H78O20P2. The molecule has 0 amide bonds. The molecule has 1 unspecified atom stereocenters. The van der Waals surface area contributed by atoms with Crippen molar-refractivity contribution in [1.29, 1.82) is 0 Å². The van der Waals surface area contributed by atoms with E-state index in [0.717, 1.165) is 69.9 Å². The van der Waals surface area contributed by atoms with Crippen molar-refractivity contribution >= 4 is 33.4 Å². The predicted octanol–water partition coefficient (Wildman–Crippen LogP) is 4.29. The fraction of sp³-hybridized carbons (Fsp3) is 0.800. The molecule has 0 aromatic heterocycles. The van der Waals surface area contributed by atoms with Gasteiger partial charge in [0.2, 0.25) is 0 Å². The molecule has 0 spiro atoms. The third kappa shape index (κ3) is 24.9. The summed E-state index contributed by atoms with van der Waals surface area (Å²) in [5, 5.41) is 79.7. The number of aliphatic hydroxyl groups is 7. The van der Waals surface area contributed by atoms with Crippen LogP contribution in [0.3, 0.4) is 0 Å². The summed E-state index contributed by atoms with van der Waals surface area (Å²) >= 11 is 0. The SMILES string of the molecule is CCC/C=C\C/C=C\CCCCCCCC(=O)O[C@@H]1COC(=O)CCCCC(=O)C[C@@H]2[C@@H](O)[C@H](O)[C@@H](O)[C@H](OP(=O)(O)OC1)[C@H](OP(=O)(O)O)[C@H](O)[C@@H](/C=C/[C@@H](O)CCCCC)[C@H](O)C[C@@H]2O. The molecule has 2 rings (SSSR count). The number of rotatable bonds is 21. The molecule has 0 aromatic rings. The number of fused-ring (bicyclic) bond motifs is 4. The number of esters is 2. The Bertz CT molecular complexity index is 1620. The molecular weight excluding hydrogens is 922 g/mol. The normalized spacial score (nSPS) is 32.2. The van der Waals surface area contributed by atoms with Gasteiger partial charge in [-0.1, -0.05) is 95.2 Å². The van der Waals surface area contributed by atoms with E-state index in [1.54, 1.807) is 0 Å². The molecule has 13 atom stereocenters. The van der Waals surface area contributed by atoms with Crippen LogP contribution in [-0.2, 0) is 46.6 Å². The summed E-state index contributed by atoms with van der Waals surface area (Å²) in [5.74, 6) is -5.61. The van der Waals surface area contributed by atoms with E-state index < -0.39 is 132 Å². The molecule has 1 saturated heterocycles. The number of phosphoric acid groups is 2. The number of ether oxygens (including phenoxy) is 2. The fourth-order valence-electron chi connectivity index (χ4n) is 7.82. The zero-order valence-electron chi connectivity index (χ0n) is 38.9. The van der Waals surface area contributed by atoms with Crippen LogP contribution in [0.15, 0.2) is 36.5 Å². The summed E-state index contributed by atoms with van der Waals surface area (Å²) in [6, 6.07) is 0. The lowest BCUT2D eigenvalue weighted by Crippen LogP contribution is -2.56. The minimum atomic E-state index is -5.81. The van der Waals surface area contributed by atoms with Crippen LogP contribution >= 0.6 is 15.6 Å². The standard InChI is InChI=1S/C45H78O20P2/c1-3-5-7-8-9-10-11-12-13-14-15-16-18-24-39(51)63-33-29-61-38(50)23-20-19-22-32(47)27-35-37(49)28-36(48)34(26-25-31(46)21-17-6-4-2)41(53)44(64-66(56,57)58)45(43(55)42(54)40(35)52)65-67(59,60)62-30-33/h7-8,10-11,25-26,31,33-37,40-46,48-49,52-55H,3-6,9,12-24,27-30H2,1-2H3,(H,59,60)(H2,56,57,58)/b8-7-,11-10-,26-25+/t31-,33+,34-,35-,36+,37-,40+,41+,42-,43+,44+,45-/m0/s1. The minimum absolute atomic E-state index is 0.0730. The van der Waals surface area contributed by atoms with Crippen molar-refractivity contribution in [1.82, 2.24) is 0 Å². The number of carbonyl (C=O) groups excluding carboxylic acids is 3. The Kier molecular flexibility index (Phi) is 29.6. The van der Waals surface area contributed by atoms with Gasteiger partial charge in [-0.25, -0.2) is 9.13 Å². The summed E-state index contributed by atoms with van der Waals surface area (Å²) < 4.78 is 52.0. The van der Waals surface area contributed by atoms with Crippen LogP contribution in [0.25, 0.3) is 0 Å². The second kappa shape index (κ2) is 32.6. The molecule has 2 bridgehead atoms. The number of unbranched alkanes of at least 4 members (excludes halogenated alkanes) is 8. The Balaban J connectivity index is 2.46. The van der Waals surface area contributed by atoms with Gasteiger partial charge in [0, 0.05) is 43.9 Å². The Morgan fingerprint density at radius 2 is 1.49 bits per heavy atom. The van der Waals surface area contributed by atoms with Crippen LogP contribution < -0.4 is 0 Å². The number of cyclic esters (lactones) is 1. The second-order valence-corrected chi connectivity index (χ2v) is 20.0. The molecule has 67 heavy (non-hydrogen) atoms. The molecule has 1 saturated carbocycles. The molecule has 22 heteroatoms. The highest BCUT2D eigenvalue weighted by Gasteiger charge is 2.52. The van der Waals surface area contributed by atoms with E-state index in [4.69, 9.17) is 23.0 Å². The summed E-state index contributed by atoms with van der Waals surface area (Å²) in [6.45, 7) is 2.36. The first kappa shape index (κ1) is 60.9. The van der Waals surface area contributed by atoms with Crippen LogP contribution in [0.2, 0.25) is 0 Å². The first-order valence-electron chi connectivity index (χ1n) is 23.7. The van der Waals surface area contributed by atoms with Gasteiger partial charge in [0.15, 0.2) is 6.10 Å². The van der Waals surface area contributed by atoms with Gasteiger partial charge in [0.05, 0.1) is 37.1 Å². The summed E-state index contributed by atoms with van der Waals surface area (Å²) in [4.78, 5) is 69.9. The van der Waals surface area contributed by atoms with Crippen molar-refractivity contribution in [3.63, 3.8) is 0 Å². The van der Waals surface area contributed by atoms with Gasteiger partial charge in [-0.05, 0) is 51.4 Å². The van der Waals surface area contributed by atoms with E-state index in [9.17, 15) is 73.9 Å². The molecule has 1 heterocycles. The van der Waals surface area contributed by atoms with Crippen LogP contribution in [0.5, 0.6) is 0 Å². The fourth-order valence-corrected chi connectivity index (χ4v) is 9.35. The summed E-state index contributed by atoms with van der Waals surface area (Å²) in [7, 11) is -11.5. The quantitative estimate of drug-likeness (QED) is 0.0332. The van der Waals surface area contributed by atoms with E-state index in [-0.39, 0.29) is 38.5 Å². The first-order valence-corrected chi connectivity index (χ1v) is 26.7. The summed E-state index contributed by atoms with van der Waals surface area (Å²) in [5.41, 5.74) is 0. The lowest BCUT2D eigenvalue weighted by Gasteiger charge is -2.38. The Morgan fingerprint density at radius 3 is 2.18 bits per heavy atom. The number of hydrogen-bond acceptors (Lipinski definition) is 17. The van der Waals surface area contributed by atoms with Crippen LogP contribution in [0.1, 0.15) is 142 Å². The maximum atomic E-state index is 13.7. The van der Waals surface area contributed by atoms with E-state index >= 15 is 0 Å². The molecule has 388 valence electrons. The minimum Gasteiger partial charge on any atom is -0.462 e. The van der Waals surface area contributed by atoms with Crippen molar-refractivity contribution < 1.29 is 97.0 Å². The monoisotopic (exact) mass is 1000 g/mol. The van der Waals surface area contributed by atoms with Gasteiger partial charge < -0.3 is 59.9 Å². The Hall–Kier alpha value is -2.23. The van der Waals surface area contributed by atoms with Crippen LogP contribution in [0.4, 0.5) is 0 Å². The van der Waals surface area contributed by atoms with Gasteiger partial charge in [0.1, 0.15) is 36.8 Å². The van der Waals surface area contributed by atoms with Gasteiger partial charge in [-0.3, -0.25) is 28.0 Å². The number of carbonyl (C=O) groups is 3. The number of allylic oxidation sites excluding steroid dienone is 4. The number of ketones is 1. The van der Waals surface area contributed by atoms with Crippen molar-refractivity contribution in [2.24, 2.45) is 11.8 Å². The van der Waals surface area contributed by atoms with Crippen LogP contribution in [-0.4, -0.2) is 142 Å². The number of Topliss-reactive ketones (excluding diaryl/α,β-unsaturated/α-hetero) is 1. The average Bonchev–Trinajstić information content (AvgIpc) is 3.26. The molecule has 2 fully saturated rings. The Labute approximate surface area is 394 Å². The van der Waals surface area contributed by atoms with Crippen molar-refractivity contribution in [2.75, 3.05) is 13.2 Å². The van der Waals surface area contributed by atoms with E-state index in [0.29, 0.717) is 19.3 Å². The largest absolute Gasteiger partial charge is 0.472 e. The summed E-state index contributed by atoms with van der Waals surface area (Å²) in [6.07, 6.45) is -2.75. The molecule has 2 aliphatic rings. The highest BCUT2D eigenvalue weighted by atomic mass is 31.2. The molecule has 1 aliphatic heterocycles. The molecule has 10 N–H and O–H groups in total. The van der Waals surface area contributed by atoms with Crippen molar-refractivity contribution in [3.8, 4) is 0 Å². The number of hydrogen-bond donors (Lipinski definition) is 10. The van der Waals surface area contributed by atoms with Crippen molar-refractivity contribution in [2.45, 2.75) is 203 Å². The van der Waals surface area contributed by atoms with E-state index in [1.165, 1.54) is 0 Å². The lowest BCUT2D eigenvalue weighted by molar-refractivity contribution is -0.166.